The third-order valence-electron chi connectivity index (χ3n) is 3.72. The number of alkyl halides is 3. The Morgan fingerprint density at radius 1 is 1.35 bits per heavy atom. The largest absolute Gasteiger partial charge is 0.478 e. The second kappa shape index (κ2) is 6.18. The highest BCUT2D eigenvalue weighted by Gasteiger charge is 2.35. The first-order valence-corrected chi connectivity index (χ1v) is 7.38. The van der Waals surface area contributed by atoms with Gasteiger partial charge in [0.15, 0.2) is 0 Å². The summed E-state index contributed by atoms with van der Waals surface area (Å²) in [6.07, 6.45) is -4.10. The van der Waals surface area contributed by atoms with Crippen molar-refractivity contribution in [2.75, 3.05) is 11.4 Å². The molecule has 0 aromatic heterocycles. The van der Waals surface area contributed by atoms with Crippen molar-refractivity contribution in [1.29, 1.82) is 0 Å². The number of hydrogen-bond acceptors (Lipinski definition) is 3. The minimum absolute atomic E-state index is 0.0233. The summed E-state index contributed by atoms with van der Waals surface area (Å²) in [5.41, 5.74) is 0.256. The standard InChI is InChI=1S/C16H14F3NO2S/c1-3-12-14(15(21)22)11(8-23)10-7-9(16(17,18)19)5-6-13(10)20(12)4-2/h5-7H,3-4H2,1-2H3,(H,21,22). The quantitative estimate of drug-likeness (QED) is 0.834. The minimum Gasteiger partial charge on any atom is -0.478 e. The van der Waals surface area contributed by atoms with E-state index in [0.717, 1.165) is 12.1 Å². The SMILES string of the molecule is CCC1=C(C(=O)O)C(=C=S)c2cc(C(F)(F)F)ccc2N1CC. The zero-order chi connectivity index (χ0) is 17.4. The first-order valence-electron chi connectivity index (χ1n) is 6.97. The number of thiocarbonyl (C=S) groups is 1. The van der Waals surface area contributed by atoms with Gasteiger partial charge in [-0.1, -0.05) is 6.92 Å². The van der Waals surface area contributed by atoms with E-state index in [4.69, 9.17) is 12.2 Å². The molecule has 0 unspecified atom stereocenters. The molecular weight excluding hydrogens is 327 g/mol. The normalized spacial score (nSPS) is 14.7. The number of allylic oxidation sites excluding steroid dienone is 1. The molecule has 0 fully saturated rings. The fourth-order valence-corrected chi connectivity index (χ4v) is 2.98. The summed E-state index contributed by atoms with van der Waals surface area (Å²) >= 11 is 4.77. The Hall–Kier alpha value is -2.11. The predicted molar refractivity (Wildman–Crippen MR) is 85.4 cm³/mol. The van der Waals surface area contributed by atoms with Crippen LogP contribution in [0.1, 0.15) is 31.4 Å². The van der Waals surface area contributed by atoms with E-state index in [-0.39, 0.29) is 16.7 Å². The van der Waals surface area contributed by atoms with E-state index in [9.17, 15) is 23.1 Å². The van der Waals surface area contributed by atoms with Crippen LogP contribution in [0.5, 0.6) is 0 Å². The molecule has 1 aromatic carbocycles. The molecule has 1 N–H and O–H groups in total. The number of carboxylic acid groups (broad SMARTS) is 1. The molecule has 122 valence electrons. The van der Waals surface area contributed by atoms with Crippen molar-refractivity contribution in [1.82, 2.24) is 0 Å². The van der Waals surface area contributed by atoms with Gasteiger partial charge < -0.3 is 10.0 Å². The van der Waals surface area contributed by atoms with Gasteiger partial charge in [-0.05, 0) is 48.8 Å². The van der Waals surface area contributed by atoms with Gasteiger partial charge in [-0.25, -0.2) is 4.79 Å². The molecule has 0 spiro atoms. The van der Waals surface area contributed by atoms with Crippen LogP contribution in [-0.2, 0) is 11.0 Å². The Kier molecular flexibility index (Phi) is 4.63. The molecule has 0 saturated carbocycles. The molecule has 2 rings (SSSR count). The summed E-state index contributed by atoms with van der Waals surface area (Å²) in [5, 5.41) is 11.8. The highest BCUT2D eigenvalue weighted by atomic mass is 32.1. The number of rotatable bonds is 3. The fourth-order valence-electron chi connectivity index (χ4n) is 2.77. The highest BCUT2D eigenvalue weighted by molar-refractivity contribution is 7.78. The Balaban J connectivity index is 2.81. The third-order valence-corrected chi connectivity index (χ3v) is 3.92. The summed E-state index contributed by atoms with van der Waals surface area (Å²) < 4.78 is 38.9. The second-order valence-corrected chi connectivity index (χ2v) is 5.14. The molecule has 1 aliphatic rings. The molecule has 1 aliphatic heterocycles. The molecule has 23 heavy (non-hydrogen) atoms. The number of nitrogens with zero attached hydrogens (tertiary/aromatic N) is 1. The van der Waals surface area contributed by atoms with Crippen LogP contribution in [0.15, 0.2) is 29.5 Å². The fraction of sp³-hybridized carbons (Fsp3) is 0.312. The highest BCUT2D eigenvalue weighted by Crippen LogP contribution is 2.43. The number of carbonyl (C=O) groups is 1. The van der Waals surface area contributed by atoms with Gasteiger partial charge in [0.1, 0.15) is 0 Å². The van der Waals surface area contributed by atoms with Crippen molar-refractivity contribution in [2.24, 2.45) is 0 Å². The average molecular weight is 341 g/mol. The van der Waals surface area contributed by atoms with Gasteiger partial charge in [-0.15, -0.1) is 0 Å². The van der Waals surface area contributed by atoms with Crippen LogP contribution in [0.3, 0.4) is 0 Å². The van der Waals surface area contributed by atoms with Gasteiger partial charge in [-0.3, -0.25) is 0 Å². The van der Waals surface area contributed by atoms with Crippen molar-refractivity contribution >= 4 is 34.5 Å². The lowest BCUT2D eigenvalue weighted by molar-refractivity contribution is -0.137. The molecule has 0 bridgehead atoms. The van der Waals surface area contributed by atoms with Gasteiger partial charge in [0.05, 0.1) is 16.7 Å². The lowest BCUT2D eigenvalue weighted by atomic mass is 9.89. The zero-order valence-corrected chi connectivity index (χ0v) is 13.3. The first kappa shape index (κ1) is 17.2. The maximum Gasteiger partial charge on any atom is 0.416 e. The number of carboxylic acids is 1. The van der Waals surface area contributed by atoms with E-state index in [0.29, 0.717) is 24.4 Å². The van der Waals surface area contributed by atoms with E-state index < -0.39 is 17.7 Å². The number of halogens is 3. The van der Waals surface area contributed by atoms with E-state index in [1.165, 1.54) is 6.07 Å². The number of hydrogen-bond donors (Lipinski definition) is 1. The number of fused-ring (bicyclic) bond motifs is 1. The molecule has 0 aliphatic carbocycles. The molecule has 0 saturated heterocycles. The predicted octanol–water partition coefficient (Wildman–Crippen LogP) is 4.28. The molecule has 0 amide bonds. The van der Waals surface area contributed by atoms with Crippen LogP contribution in [0.4, 0.5) is 18.9 Å². The first-order chi connectivity index (χ1) is 10.8. The van der Waals surface area contributed by atoms with Crippen LogP contribution < -0.4 is 4.90 Å². The van der Waals surface area contributed by atoms with Crippen LogP contribution >= 0.6 is 12.2 Å². The van der Waals surface area contributed by atoms with Crippen LogP contribution in [0.2, 0.25) is 0 Å². The van der Waals surface area contributed by atoms with Gasteiger partial charge in [0.2, 0.25) is 0 Å². The van der Waals surface area contributed by atoms with E-state index >= 15 is 0 Å². The van der Waals surface area contributed by atoms with Crippen molar-refractivity contribution in [2.45, 2.75) is 26.4 Å². The van der Waals surface area contributed by atoms with Crippen molar-refractivity contribution in [3.63, 3.8) is 0 Å². The van der Waals surface area contributed by atoms with E-state index in [2.05, 4.69) is 5.02 Å². The van der Waals surface area contributed by atoms with E-state index in [1.807, 2.05) is 6.92 Å². The zero-order valence-electron chi connectivity index (χ0n) is 12.5. The number of benzene rings is 1. The average Bonchev–Trinajstić information content (AvgIpc) is 2.50. The molecule has 3 nitrogen and oxygen atoms in total. The monoisotopic (exact) mass is 341 g/mol. The lowest BCUT2D eigenvalue weighted by Gasteiger charge is -2.34. The number of anilines is 1. The van der Waals surface area contributed by atoms with E-state index in [1.54, 1.807) is 11.8 Å². The van der Waals surface area contributed by atoms with Crippen LogP contribution in [0, 0.1) is 0 Å². The van der Waals surface area contributed by atoms with Gasteiger partial charge in [0, 0.05) is 23.5 Å². The minimum atomic E-state index is -4.52. The van der Waals surface area contributed by atoms with Crippen LogP contribution in [0.25, 0.3) is 5.57 Å². The number of aliphatic carboxylic acids is 1. The van der Waals surface area contributed by atoms with Crippen molar-refractivity contribution < 1.29 is 23.1 Å². The Bertz CT molecular complexity index is 746. The molecule has 0 radical (unpaired) electrons. The van der Waals surface area contributed by atoms with Gasteiger partial charge in [-0.2, -0.15) is 13.2 Å². The molecular formula is C16H14F3NO2S. The maximum atomic E-state index is 13.0. The molecule has 7 heteroatoms. The van der Waals surface area contributed by atoms with Gasteiger partial charge >= 0.3 is 12.1 Å². The molecule has 1 aromatic rings. The van der Waals surface area contributed by atoms with Crippen LogP contribution in [-0.4, -0.2) is 22.6 Å². The smallest absolute Gasteiger partial charge is 0.416 e. The maximum absolute atomic E-state index is 13.0. The lowest BCUT2D eigenvalue weighted by Crippen LogP contribution is -2.30. The second-order valence-electron chi connectivity index (χ2n) is 4.93. The summed E-state index contributed by atoms with van der Waals surface area (Å²) in [4.78, 5) is 13.3. The summed E-state index contributed by atoms with van der Waals surface area (Å²) in [6.45, 7) is 4.03. The van der Waals surface area contributed by atoms with Gasteiger partial charge in [0.25, 0.3) is 0 Å². The summed E-state index contributed by atoms with van der Waals surface area (Å²) in [6, 6.07) is 3.27. The topological polar surface area (TPSA) is 40.5 Å². The Morgan fingerprint density at radius 2 is 2.00 bits per heavy atom. The molecule has 1 heterocycles. The van der Waals surface area contributed by atoms with Crippen molar-refractivity contribution in [3.05, 3.63) is 40.6 Å². The summed E-state index contributed by atoms with van der Waals surface area (Å²) in [7, 11) is 0. The summed E-state index contributed by atoms with van der Waals surface area (Å²) in [5.74, 6) is -1.23. The Labute approximate surface area is 136 Å². The molecule has 0 atom stereocenters. The van der Waals surface area contributed by atoms with Crippen molar-refractivity contribution in [3.8, 4) is 0 Å². The Morgan fingerprint density at radius 3 is 2.43 bits per heavy atom. The third kappa shape index (κ3) is 2.90.